The van der Waals surface area contributed by atoms with Crippen LogP contribution in [-0.4, -0.2) is 23.0 Å². The van der Waals surface area contributed by atoms with Gasteiger partial charge < -0.3 is 16.2 Å². The van der Waals surface area contributed by atoms with Crippen LogP contribution in [0.25, 0.3) is 0 Å². The normalized spacial score (nSPS) is 11.9. The van der Waals surface area contributed by atoms with Crippen molar-refractivity contribution in [2.75, 3.05) is 5.32 Å². The molecule has 1 aromatic carbocycles. The van der Waals surface area contributed by atoms with E-state index in [-0.39, 0.29) is 12.0 Å². The Balaban J connectivity index is 2.90. The van der Waals surface area contributed by atoms with Crippen LogP contribution in [0.3, 0.4) is 0 Å². The highest BCUT2D eigenvalue weighted by Crippen LogP contribution is 2.18. The number of carbonyl (C=O) groups is 2. The SMILES string of the molecule is CC(CC(=O)O)Nc1ccc(F)cc1C(N)=O. The van der Waals surface area contributed by atoms with Gasteiger partial charge in [-0.3, -0.25) is 9.59 Å². The molecule has 6 heteroatoms. The van der Waals surface area contributed by atoms with Crippen LogP contribution >= 0.6 is 0 Å². The molecule has 1 aromatic rings. The summed E-state index contributed by atoms with van der Waals surface area (Å²) in [6.45, 7) is 1.64. The van der Waals surface area contributed by atoms with Crippen LogP contribution in [0.5, 0.6) is 0 Å². The van der Waals surface area contributed by atoms with Crippen LogP contribution in [0, 0.1) is 5.82 Å². The fourth-order valence-electron chi connectivity index (χ4n) is 1.42. The number of carbonyl (C=O) groups excluding carboxylic acids is 1. The number of nitrogens with one attached hydrogen (secondary N) is 1. The predicted octanol–water partition coefficient (Wildman–Crippen LogP) is 1.20. The van der Waals surface area contributed by atoms with E-state index in [4.69, 9.17) is 10.8 Å². The first kappa shape index (κ1) is 13.0. The van der Waals surface area contributed by atoms with E-state index in [1.54, 1.807) is 6.92 Å². The maximum absolute atomic E-state index is 12.9. The molecule has 0 spiro atoms. The Morgan fingerprint density at radius 2 is 2.18 bits per heavy atom. The number of benzene rings is 1. The number of rotatable bonds is 5. The summed E-state index contributed by atoms with van der Waals surface area (Å²) in [7, 11) is 0. The Hall–Kier alpha value is -2.11. The van der Waals surface area contributed by atoms with E-state index in [1.807, 2.05) is 0 Å². The van der Waals surface area contributed by atoms with Gasteiger partial charge in [-0.1, -0.05) is 0 Å². The summed E-state index contributed by atoms with van der Waals surface area (Å²) in [5, 5.41) is 11.4. The molecule has 5 nitrogen and oxygen atoms in total. The second kappa shape index (κ2) is 5.29. The van der Waals surface area contributed by atoms with Gasteiger partial charge in [0.1, 0.15) is 5.82 Å². The van der Waals surface area contributed by atoms with Gasteiger partial charge in [-0.05, 0) is 25.1 Å². The van der Waals surface area contributed by atoms with Gasteiger partial charge >= 0.3 is 5.97 Å². The molecule has 4 N–H and O–H groups in total. The molecule has 1 atom stereocenters. The van der Waals surface area contributed by atoms with Crippen molar-refractivity contribution >= 4 is 17.6 Å². The molecule has 0 saturated carbocycles. The number of halogens is 1. The van der Waals surface area contributed by atoms with Crippen molar-refractivity contribution in [2.24, 2.45) is 5.73 Å². The van der Waals surface area contributed by atoms with Gasteiger partial charge in [0, 0.05) is 11.7 Å². The van der Waals surface area contributed by atoms with E-state index in [1.165, 1.54) is 12.1 Å². The van der Waals surface area contributed by atoms with Crippen molar-refractivity contribution in [2.45, 2.75) is 19.4 Å². The highest BCUT2D eigenvalue weighted by Gasteiger charge is 2.13. The Kier molecular flexibility index (Phi) is 4.03. The van der Waals surface area contributed by atoms with Crippen LogP contribution in [0.1, 0.15) is 23.7 Å². The molecule has 0 radical (unpaired) electrons. The Morgan fingerprint density at radius 1 is 1.53 bits per heavy atom. The van der Waals surface area contributed by atoms with Crippen LogP contribution in [0.2, 0.25) is 0 Å². The molecule has 0 aromatic heterocycles. The largest absolute Gasteiger partial charge is 0.481 e. The van der Waals surface area contributed by atoms with Gasteiger partial charge in [0.2, 0.25) is 0 Å². The molecule has 0 bridgehead atoms. The molecular weight excluding hydrogens is 227 g/mol. The van der Waals surface area contributed by atoms with Crippen molar-refractivity contribution in [3.8, 4) is 0 Å². The smallest absolute Gasteiger partial charge is 0.305 e. The van der Waals surface area contributed by atoms with Crippen molar-refractivity contribution in [1.82, 2.24) is 0 Å². The van der Waals surface area contributed by atoms with Gasteiger partial charge in [-0.2, -0.15) is 0 Å². The molecule has 17 heavy (non-hydrogen) atoms. The molecule has 0 saturated heterocycles. The summed E-state index contributed by atoms with van der Waals surface area (Å²) in [4.78, 5) is 21.6. The number of carboxylic acid groups (broad SMARTS) is 1. The van der Waals surface area contributed by atoms with E-state index in [2.05, 4.69) is 5.32 Å². The number of amides is 1. The summed E-state index contributed by atoms with van der Waals surface area (Å²) < 4.78 is 12.9. The monoisotopic (exact) mass is 240 g/mol. The molecule has 0 aliphatic carbocycles. The van der Waals surface area contributed by atoms with Crippen LogP contribution in [-0.2, 0) is 4.79 Å². The van der Waals surface area contributed by atoms with Gasteiger partial charge in [-0.15, -0.1) is 0 Å². The van der Waals surface area contributed by atoms with Crippen LogP contribution in [0.4, 0.5) is 10.1 Å². The minimum atomic E-state index is -0.965. The van der Waals surface area contributed by atoms with Crippen molar-refractivity contribution in [1.29, 1.82) is 0 Å². The first-order valence-corrected chi connectivity index (χ1v) is 4.98. The van der Waals surface area contributed by atoms with E-state index in [9.17, 15) is 14.0 Å². The maximum Gasteiger partial charge on any atom is 0.305 e. The lowest BCUT2D eigenvalue weighted by Crippen LogP contribution is -2.22. The minimum Gasteiger partial charge on any atom is -0.481 e. The molecule has 0 heterocycles. The van der Waals surface area contributed by atoms with Gasteiger partial charge in [0.25, 0.3) is 5.91 Å². The number of hydrogen-bond acceptors (Lipinski definition) is 3. The number of anilines is 1. The summed E-state index contributed by atoms with van der Waals surface area (Å²) in [6.07, 6.45) is -0.115. The van der Waals surface area contributed by atoms with Crippen LogP contribution in [0.15, 0.2) is 18.2 Å². The van der Waals surface area contributed by atoms with Gasteiger partial charge in [0.05, 0.1) is 12.0 Å². The maximum atomic E-state index is 12.9. The fraction of sp³-hybridized carbons (Fsp3) is 0.273. The summed E-state index contributed by atoms with van der Waals surface area (Å²) in [6, 6.07) is 3.14. The lowest BCUT2D eigenvalue weighted by atomic mass is 10.1. The number of nitrogens with two attached hydrogens (primary N) is 1. The first-order valence-electron chi connectivity index (χ1n) is 4.98. The van der Waals surface area contributed by atoms with E-state index in [0.29, 0.717) is 5.69 Å². The molecule has 92 valence electrons. The Bertz CT molecular complexity index is 448. The van der Waals surface area contributed by atoms with E-state index in [0.717, 1.165) is 6.07 Å². The number of carboxylic acids is 1. The third-order valence-electron chi connectivity index (χ3n) is 2.13. The summed E-state index contributed by atoms with van der Waals surface area (Å²) >= 11 is 0. The summed E-state index contributed by atoms with van der Waals surface area (Å²) in [5.41, 5.74) is 5.43. The zero-order valence-corrected chi connectivity index (χ0v) is 9.24. The Labute approximate surface area is 97.4 Å². The molecule has 1 unspecified atom stereocenters. The predicted molar refractivity (Wildman–Crippen MR) is 60.3 cm³/mol. The first-order chi connectivity index (χ1) is 7.90. The highest BCUT2D eigenvalue weighted by atomic mass is 19.1. The average Bonchev–Trinajstić information content (AvgIpc) is 2.19. The third-order valence-corrected chi connectivity index (χ3v) is 2.13. The standard InChI is InChI=1S/C11H13FN2O3/c1-6(4-10(15)16)14-9-3-2-7(12)5-8(9)11(13)17/h2-3,5-6,14H,4H2,1H3,(H2,13,17)(H,15,16). The zero-order valence-electron chi connectivity index (χ0n) is 9.24. The van der Waals surface area contributed by atoms with Crippen LogP contribution < -0.4 is 11.1 Å². The van der Waals surface area contributed by atoms with Gasteiger partial charge in [0.15, 0.2) is 0 Å². The van der Waals surface area contributed by atoms with Crippen molar-refractivity contribution in [3.63, 3.8) is 0 Å². The molecule has 1 rings (SSSR count). The fourth-order valence-corrected chi connectivity index (χ4v) is 1.42. The third kappa shape index (κ3) is 3.75. The quantitative estimate of drug-likeness (QED) is 0.721. The lowest BCUT2D eigenvalue weighted by Gasteiger charge is -2.15. The zero-order chi connectivity index (χ0) is 13.0. The highest BCUT2D eigenvalue weighted by molar-refractivity contribution is 5.98. The molecule has 0 fully saturated rings. The molecule has 0 aliphatic rings. The number of hydrogen-bond donors (Lipinski definition) is 3. The lowest BCUT2D eigenvalue weighted by molar-refractivity contribution is -0.137. The van der Waals surface area contributed by atoms with E-state index < -0.39 is 23.7 Å². The van der Waals surface area contributed by atoms with Gasteiger partial charge in [-0.25, -0.2) is 4.39 Å². The number of aliphatic carboxylic acids is 1. The molecule has 1 amide bonds. The molecule has 0 aliphatic heterocycles. The Morgan fingerprint density at radius 3 is 2.71 bits per heavy atom. The van der Waals surface area contributed by atoms with E-state index >= 15 is 0 Å². The summed E-state index contributed by atoms with van der Waals surface area (Å²) in [5.74, 6) is -2.31. The topological polar surface area (TPSA) is 92.4 Å². The number of primary amides is 1. The second-order valence-electron chi connectivity index (χ2n) is 3.70. The second-order valence-corrected chi connectivity index (χ2v) is 3.70. The molecular formula is C11H13FN2O3. The van der Waals surface area contributed by atoms with Crippen molar-refractivity contribution < 1.29 is 19.1 Å². The van der Waals surface area contributed by atoms with Crippen molar-refractivity contribution in [3.05, 3.63) is 29.6 Å². The average molecular weight is 240 g/mol. The minimum absolute atomic E-state index is 0.00207.